The molecule has 1 unspecified atom stereocenters. The molecule has 0 spiro atoms. The number of carbonyl (C=O) groups excluding carboxylic acids is 1. The van der Waals surface area contributed by atoms with Crippen molar-refractivity contribution in [2.75, 3.05) is 31.2 Å². The van der Waals surface area contributed by atoms with Gasteiger partial charge in [0.15, 0.2) is 0 Å². The summed E-state index contributed by atoms with van der Waals surface area (Å²) in [6.45, 7) is 7.01. The smallest absolute Gasteiger partial charge is 0.260 e. The molecule has 0 bridgehead atoms. The van der Waals surface area contributed by atoms with Crippen LogP contribution in [0.5, 0.6) is 0 Å². The summed E-state index contributed by atoms with van der Waals surface area (Å²) in [5, 5.41) is 8.72. The molecule has 5 heterocycles. The Morgan fingerprint density at radius 1 is 1.22 bits per heavy atom. The number of benzene rings is 1. The summed E-state index contributed by atoms with van der Waals surface area (Å²) in [6.07, 6.45) is 6.19. The van der Waals surface area contributed by atoms with E-state index in [1.54, 1.807) is 11.2 Å². The number of likely N-dealkylation sites (tertiary alicyclic amines) is 1. The molecule has 2 aromatic heterocycles. The van der Waals surface area contributed by atoms with Crippen molar-refractivity contribution in [3.63, 3.8) is 0 Å². The van der Waals surface area contributed by atoms with Crippen molar-refractivity contribution in [3.05, 3.63) is 69.9 Å². The van der Waals surface area contributed by atoms with E-state index < -0.39 is 0 Å². The number of ether oxygens (including phenoxy) is 1. The lowest BCUT2D eigenvalue weighted by Crippen LogP contribution is -2.49. The van der Waals surface area contributed by atoms with Crippen LogP contribution in [0.3, 0.4) is 0 Å². The van der Waals surface area contributed by atoms with Gasteiger partial charge in [0.25, 0.3) is 5.91 Å². The average molecular weight is 521 g/mol. The first-order valence-electron chi connectivity index (χ1n) is 13.2. The number of pyridine rings is 1. The third kappa shape index (κ3) is 4.67. The molecule has 9 heteroatoms. The van der Waals surface area contributed by atoms with Crippen LogP contribution in [0.4, 0.5) is 5.82 Å². The summed E-state index contributed by atoms with van der Waals surface area (Å²) < 4.78 is 7.58. The van der Waals surface area contributed by atoms with E-state index in [4.69, 9.17) is 16.3 Å². The van der Waals surface area contributed by atoms with Gasteiger partial charge in [0, 0.05) is 37.5 Å². The number of aromatic nitrogens is 4. The molecule has 0 aliphatic carbocycles. The quantitative estimate of drug-likeness (QED) is 0.435. The van der Waals surface area contributed by atoms with Gasteiger partial charge in [-0.3, -0.25) is 14.6 Å². The maximum Gasteiger partial charge on any atom is 0.260 e. The highest BCUT2D eigenvalue weighted by atomic mass is 35.5. The molecule has 2 fully saturated rings. The van der Waals surface area contributed by atoms with E-state index in [2.05, 4.69) is 39.1 Å². The second-order valence-electron chi connectivity index (χ2n) is 10.9. The van der Waals surface area contributed by atoms with Gasteiger partial charge in [-0.1, -0.05) is 37.1 Å². The molecule has 8 nitrogen and oxygen atoms in total. The summed E-state index contributed by atoms with van der Waals surface area (Å²) in [4.78, 5) is 22.4. The van der Waals surface area contributed by atoms with Crippen molar-refractivity contribution in [3.8, 4) is 0 Å². The number of rotatable bonds is 7. The van der Waals surface area contributed by atoms with Crippen LogP contribution in [0.2, 0.25) is 5.15 Å². The maximum absolute atomic E-state index is 13.6. The predicted molar refractivity (Wildman–Crippen MR) is 142 cm³/mol. The number of nitrogens with zero attached hydrogens (tertiary/aromatic N) is 6. The molecule has 3 aromatic rings. The monoisotopic (exact) mass is 520 g/mol. The first-order valence-corrected chi connectivity index (χ1v) is 13.6. The molecule has 0 saturated carbocycles. The highest BCUT2D eigenvalue weighted by molar-refractivity contribution is 6.29. The molecular weight excluding hydrogens is 488 g/mol. The molecule has 37 heavy (non-hydrogen) atoms. The van der Waals surface area contributed by atoms with E-state index in [0.717, 1.165) is 60.1 Å². The highest BCUT2D eigenvalue weighted by Gasteiger charge is 2.43. The van der Waals surface area contributed by atoms with Crippen LogP contribution in [0, 0.1) is 5.92 Å². The molecular formula is C28H33ClN6O2. The zero-order valence-corrected chi connectivity index (χ0v) is 22.2. The van der Waals surface area contributed by atoms with Gasteiger partial charge < -0.3 is 9.30 Å². The zero-order valence-electron chi connectivity index (χ0n) is 21.5. The third-order valence-corrected chi connectivity index (χ3v) is 8.48. The van der Waals surface area contributed by atoms with Gasteiger partial charge in [-0.2, -0.15) is 0 Å². The standard InChI is InChI=1S/C28H33ClN6O2/c1-3-19-5-4-8-34(13-19)14-20-9-24(29)31-25(10-20)35-15-21-6-7-22(11-23(21)27(35)36)28(16-37-17-28)12-26-32-30-18-33(26)2/h6-7,9-11,18-19H,3-5,8,12-17H2,1-2H3. The zero-order chi connectivity index (χ0) is 25.6. The Labute approximate surface area is 222 Å². The topological polar surface area (TPSA) is 76.4 Å². The second kappa shape index (κ2) is 9.82. The van der Waals surface area contributed by atoms with E-state index in [0.29, 0.717) is 30.7 Å². The number of halogens is 1. The number of amides is 1. The van der Waals surface area contributed by atoms with Crippen molar-refractivity contribution in [2.45, 2.75) is 51.1 Å². The Hall–Kier alpha value is -2.81. The van der Waals surface area contributed by atoms with E-state index in [1.807, 2.05) is 29.8 Å². The minimum absolute atomic E-state index is 0.0318. The van der Waals surface area contributed by atoms with Crippen molar-refractivity contribution in [1.29, 1.82) is 0 Å². The van der Waals surface area contributed by atoms with Crippen LogP contribution in [-0.2, 0) is 36.7 Å². The number of anilines is 1. The Morgan fingerprint density at radius 2 is 2.08 bits per heavy atom. The fourth-order valence-electron chi connectivity index (χ4n) is 5.96. The van der Waals surface area contributed by atoms with E-state index in [1.165, 1.54) is 19.3 Å². The summed E-state index contributed by atoms with van der Waals surface area (Å²) >= 11 is 6.46. The Balaban J connectivity index is 1.23. The number of hydrogen-bond donors (Lipinski definition) is 0. The minimum Gasteiger partial charge on any atom is -0.379 e. The van der Waals surface area contributed by atoms with Gasteiger partial charge in [0.1, 0.15) is 23.1 Å². The van der Waals surface area contributed by atoms with Gasteiger partial charge in [-0.05, 0) is 60.2 Å². The maximum atomic E-state index is 13.6. The lowest BCUT2D eigenvalue weighted by Gasteiger charge is -2.41. The van der Waals surface area contributed by atoms with Gasteiger partial charge in [0.2, 0.25) is 0 Å². The average Bonchev–Trinajstić information content (AvgIpc) is 3.43. The Kier molecular flexibility index (Phi) is 6.51. The van der Waals surface area contributed by atoms with E-state index in [9.17, 15) is 4.79 Å². The molecule has 3 aliphatic rings. The van der Waals surface area contributed by atoms with Crippen molar-refractivity contribution >= 4 is 23.3 Å². The fourth-order valence-corrected chi connectivity index (χ4v) is 6.18. The summed E-state index contributed by atoms with van der Waals surface area (Å²) in [7, 11) is 1.95. The molecule has 1 amide bonds. The van der Waals surface area contributed by atoms with Crippen molar-refractivity contribution < 1.29 is 9.53 Å². The molecule has 0 radical (unpaired) electrons. The number of fused-ring (bicyclic) bond motifs is 1. The number of piperidine rings is 1. The molecule has 3 aliphatic heterocycles. The molecule has 1 aromatic carbocycles. The lowest BCUT2D eigenvalue weighted by molar-refractivity contribution is -0.0611. The summed E-state index contributed by atoms with van der Waals surface area (Å²) in [6, 6.07) is 10.2. The van der Waals surface area contributed by atoms with Crippen molar-refractivity contribution in [1.82, 2.24) is 24.6 Å². The number of aryl methyl sites for hydroxylation is 1. The molecule has 194 valence electrons. The predicted octanol–water partition coefficient (Wildman–Crippen LogP) is 4.16. The number of hydrogen-bond acceptors (Lipinski definition) is 6. The van der Waals surface area contributed by atoms with Gasteiger partial charge >= 0.3 is 0 Å². The Morgan fingerprint density at radius 3 is 2.81 bits per heavy atom. The first kappa shape index (κ1) is 24.5. The van der Waals surface area contributed by atoms with E-state index in [-0.39, 0.29) is 11.3 Å². The first-order chi connectivity index (χ1) is 17.9. The SMILES string of the molecule is CCC1CCCN(Cc2cc(Cl)nc(N3Cc4ccc(C5(Cc6nncn6C)COC5)cc4C3=O)c2)C1. The summed E-state index contributed by atoms with van der Waals surface area (Å²) in [5.74, 6) is 2.25. The van der Waals surface area contributed by atoms with Crippen LogP contribution >= 0.6 is 11.6 Å². The van der Waals surface area contributed by atoms with Crippen LogP contribution in [0.1, 0.15) is 59.1 Å². The lowest BCUT2D eigenvalue weighted by atomic mass is 9.75. The number of carbonyl (C=O) groups is 1. The Bertz CT molecular complexity index is 1320. The summed E-state index contributed by atoms with van der Waals surface area (Å²) in [5.41, 5.74) is 3.74. The van der Waals surface area contributed by atoms with Gasteiger partial charge in [-0.25, -0.2) is 4.98 Å². The largest absolute Gasteiger partial charge is 0.379 e. The van der Waals surface area contributed by atoms with Gasteiger partial charge in [0.05, 0.1) is 19.8 Å². The normalized spacial score (nSPS) is 21.2. The van der Waals surface area contributed by atoms with Crippen LogP contribution in [-0.4, -0.2) is 56.9 Å². The van der Waals surface area contributed by atoms with Gasteiger partial charge in [-0.15, -0.1) is 10.2 Å². The second-order valence-corrected chi connectivity index (χ2v) is 11.3. The van der Waals surface area contributed by atoms with E-state index >= 15 is 0 Å². The van der Waals surface area contributed by atoms with Crippen molar-refractivity contribution in [2.24, 2.45) is 13.0 Å². The van der Waals surface area contributed by atoms with Crippen LogP contribution in [0.25, 0.3) is 0 Å². The molecule has 1 atom stereocenters. The molecule has 6 rings (SSSR count). The van der Waals surface area contributed by atoms with Crippen LogP contribution < -0.4 is 4.90 Å². The minimum atomic E-state index is -0.199. The molecule has 0 N–H and O–H groups in total. The highest BCUT2D eigenvalue weighted by Crippen LogP contribution is 2.38. The molecule has 2 saturated heterocycles. The third-order valence-electron chi connectivity index (χ3n) is 8.29. The fraction of sp³-hybridized carbons (Fsp3) is 0.500. The van der Waals surface area contributed by atoms with Crippen LogP contribution in [0.15, 0.2) is 36.7 Å².